The molecule has 0 saturated heterocycles. The first-order valence-corrected chi connectivity index (χ1v) is 24.1. The van der Waals surface area contributed by atoms with Gasteiger partial charge in [0.15, 0.2) is 6.10 Å². The van der Waals surface area contributed by atoms with Gasteiger partial charge in [-0.25, -0.2) is 0 Å². The summed E-state index contributed by atoms with van der Waals surface area (Å²) in [6.07, 6.45) is 63.1. The molecule has 0 fully saturated rings. The van der Waals surface area contributed by atoms with Crippen molar-refractivity contribution in [3.8, 4) is 0 Å². The van der Waals surface area contributed by atoms with Gasteiger partial charge in [-0.05, 0) is 83.5 Å². The van der Waals surface area contributed by atoms with E-state index in [-0.39, 0.29) is 25.2 Å². The maximum Gasteiger partial charge on any atom is 0.306 e. The Hall–Kier alpha value is -2.92. The van der Waals surface area contributed by atoms with Crippen molar-refractivity contribution in [2.45, 2.75) is 219 Å². The molecular weight excluding hydrogens is 717 g/mol. The first kappa shape index (κ1) is 55.1. The maximum atomic E-state index is 12.7. The molecule has 0 heterocycles. The van der Waals surface area contributed by atoms with Crippen molar-refractivity contribution in [1.82, 2.24) is 0 Å². The second-order valence-corrected chi connectivity index (χ2v) is 15.6. The van der Waals surface area contributed by atoms with Gasteiger partial charge in [-0.3, -0.25) is 9.59 Å². The molecule has 0 saturated carbocycles. The van der Waals surface area contributed by atoms with E-state index in [9.17, 15) is 9.59 Å². The Labute approximate surface area is 359 Å². The Kier molecular flexibility index (Phi) is 46.0. The minimum atomic E-state index is -0.570. The molecule has 0 bridgehead atoms. The maximum absolute atomic E-state index is 12.7. The van der Waals surface area contributed by atoms with E-state index in [2.05, 4.69) is 99.8 Å². The second-order valence-electron chi connectivity index (χ2n) is 15.6. The van der Waals surface area contributed by atoms with Crippen LogP contribution in [0.1, 0.15) is 213 Å². The van der Waals surface area contributed by atoms with Crippen LogP contribution < -0.4 is 0 Å². The van der Waals surface area contributed by atoms with Gasteiger partial charge in [0, 0.05) is 19.4 Å². The van der Waals surface area contributed by atoms with E-state index in [1.807, 2.05) is 6.08 Å². The lowest BCUT2D eigenvalue weighted by Gasteiger charge is -2.18. The summed E-state index contributed by atoms with van der Waals surface area (Å²) in [4.78, 5) is 25.3. The van der Waals surface area contributed by atoms with E-state index in [4.69, 9.17) is 14.2 Å². The van der Waals surface area contributed by atoms with Gasteiger partial charge >= 0.3 is 11.9 Å². The first-order valence-electron chi connectivity index (χ1n) is 24.1. The fraction of sp³-hybridized carbons (Fsp3) is 0.698. The summed E-state index contributed by atoms with van der Waals surface area (Å²) in [6.45, 7) is 7.60. The van der Waals surface area contributed by atoms with Crippen molar-refractivity contribution < 1.29 is 23.8 Å². The van der Waals surface area contributed by atoms with Crippen LogP contribution in [0.25, 0.3) is 0 Å². The molecule has 0 aromatic carbocycles. The third kappa shape index (κ3) is 45.8. The quantitative estimate of drug-likeness (QED) is 0.0349. The van der Waals surface area contributed by atoms with Gasteiger partial charge in [0.25, 0.3) is 0 Å². The standard InChI is InChI=1S/C53H90O5/c1-4-7-10-13-16-19-22-24-25-26-27-28-29-31-32-34-37-40-43-46-52(54)57-50-51(49-56-48-45-42-39-36-21-18-15-12-9-6-3)58-53(55)47-44-41-38-35-33-30-23-20-17-14-11-8-5-2/h7,10,16,19-20,23-25,27-28,31-32,37,40,51H,4-6,8-9,11-15,17-18,21-22,26,29-30,33-36,38-39,41-50H2,1-3H3/b10-7-,19-16-,23-20-,25-24-,28-27-,32-31-,40-37-. The summed E-state index contributed by atoms with van der Waals surface area (Å²) in [5.41, 5.74) is 0. The summed E-state index contributed by atoms with van der Waals surface area (Å²) in [5, 5.41) is 0. The number of carbonyl (C=O) groups is 2. The average Bonchev–Trinajstić information content (AvgIpc) is 3.22. The Bertz CT molecular complexity index is 1090. The van der Waals surface area contributed by atoms with Crippen LogP contribution in [0.2, 0.25) is 0 Å². The van der Waals surface area contributed by atoms with Gasteiger partial charge in [0.1, 0.15) is 6.61 Å². The Morgan fingerprint density at radius 1 is 0.397 bits per heavy atom. The molecule has 0 aliphatic carbocycles. The molecule has 0 aliphatic heterocycles. The van der Waals surface area contributed by atoms with Gasteiger partial charge < -0.3 is 14.2 Å². The minimum absolute atomic E-state index is 0.0402. The van der Waals surface area contributed by atoms with Gasteiger partial charge in [-0.1, -0.05) is 202 Å². The molecule has 0 amide bonds. The Balaban J connectivity index is 4.36. The van der Waals surface area contributed by atoms with E-state index >= 15 is 0 Å². The van der Waals surface area contributed by atoms with Crippen LogP contribution in [0.4, 0.5) is 0 Å². The smallest absolute Gasteiger partial charge is 0.306 e. The largest absolute Gasteiger partial charge is 0.462 e. The summed E-state index contributed by atoms with van der Waals surface area (Å²) in [5.74, 6) is -0.505. The predicted octanol–water partition coefficient (Wildman–Crippen LogP) is 16.1. The molecule has 0 aromatic heterocycles. The molecule has 58 heavy (non-hydrogen) atoms. The van der Waals surface area contributed by atoms with Crippen LogP contribution in [0.3, 0.4) is 0 Å². The van der Waals surface area contributed by atoms with Crippen molar-refractivity contribution in [1.29, 1.82) is 0 Å². The number of carbonyl (C=O) groups excluding carboxylic acids is 2. The molecule has 0 rings (SSSR count). The number of ether oxygens (including phenoxy) is 3. The highest BCUT2D eigenvalue weighted by molar-refractivity contribution is 5.70. The van der Waals surface area contributed by atoms with Crippen LogP contribution in [0.15, 0.2) is 85.1 Å². The number of hydrogen-bond donors (Lipinski definition) is 0. The lowest BCUT2D eigenvalue weighted by molar-refractivity contribution is -0.162. The van der Waals surface area contributed by atoms with Crippen molar-refractivity contribution >= 4 is 11.9 Å². The molecule has 5 nitrogen and oxygen atoms in total. The van der Waals surface area contributed by atoms with Crippen LogP contribution in [0, 0.1) is 0 Å². The summed E-state index contributed by atoms with van der Waals surface area (Å²) in [7, 11) is 0. The van der Waals surface area contributed by atoms with Crippen molar-refractivity contribution in [3.63, 3.8) is 0 Å². The van der Waals surface area contributed by atoms with Crippen molar-refractivity contribution in [2.24, 2.45) is 0 Å². The molecule has 1 atom stereocenters. The van der Waals surface area contributed by atoms with Crippen LogP contribution in [-0.2, 0) is 23.8 Å². The van der Waals surface area contributed by atoms with Gasteiger partial charge in [-0.2, -0.15) is 0 Å². The van der Waals surface area contributed by atoms with Crippen LogP contribution in [-0.4, -0.2) is 37.9 Å². The third-order valence-electron chi connectivity index (χ3n) is 9.93. The molecule has 0 aliphatic rings. The summed E-state index contributed by atoms with van der Waals surface area (Å²) < 4.78 is 17.2. The molecule has 5 heteroatoms. The van der Waals surface area contributed by atoms with Crippen LogP contribution >= 0.6 is 0 Å². The van der Waals surface area contributed by atoms with Crippen molar-refractivity contribution in [3.05, 3.63) is 85.1 Å². The Morgan fingerprint density at radius 3 is 1.33 bits per heavy atom. The van der Waals surface area contributed by atoms with E-state index in [1.165, 1.54) is 96.3 Å². The average molecular weight is 807 g/mol. The number of unbranched alkanes of at least 4 members (excludes halogenated alkanes) is 18. The number of rotatable bonds is 43. The molecular formula is C53H90O5. The van der Waals surface area contributed by atoms with E-state index < -0.39 is 6.10 Å². The zero-order valence-electron chi connectivity index (χ0n) is 38.0. The van der Waals surface area contributed by atoms with Gasteiger partial charge in [0.2, 0.25) is 0 Å². The minimum Gasteiger partial charge on any atom is -0.462 e. The van der Waals surface area contributed by atoms with E-state index in [1.54, 1.807) is 0 Å². The third-order valence-corrected chi connectivity index (χ3v) is 9.93. The SMILES string of the molecule is CC/C=C\C/C=C\C/C=C\C/C=C\C/C=C\C/C=C\CCC(=O)OCC(COCCCCCCCCCCCC)OC(=O)CCCCCCC/C=C\CCCCCC. The Morgan fingerprint density at radius 2 is 0.810 bits per heavy atom. The molecule has 332 valence electrons. The fourth-order valence-corrected chi connectivity index (χ4v) is 6.35. The molecule has 0 spiro atoms. The zero-order valence-corrected chi connectivity index (χ0v) is 38.0. The monoisotopic (exact) mass is 807 g/mol. The highest BCUT2D eigenvalue weighted by Gasteiger charge is 2.17. The predicted molar refractivity (Wildman–Crippen MR) is 251 cm³/mol. The number of allylic oxidation sites excluding steroid dienone is 14. The van der Waals surface area contributed by atoms with Crippen molar-refractivity contribution in [2.75, 3.05) is 19.8 Å². The summed E-state index contributed by atoms with van der Waals surface area (Å²) in [6, 6.07) is 0. The van der Waals surface area contributed by atoms with E-state index in [0.29, 0.717) is 25.9 Å². The van der Waals surface area contributed by atoms with Gasteiger partial charge in [0.05, 0.1) is 6.61 Å². The zero-order chi connectivity index (χ0) is 42.1. The van der Waals surface area contributed by atoms with Gasteiger partial charge in [-0.15, -0.1) is 0 Å². The molecule has 1 unspecified atom stereocenters. The summed E-state index contributed by atoms with van der Waals surface area (Å²) >= 11 is 0. The highest BCUT2D eigenvalue weighted by atomic mass is 16.6. The highest BCUT2D eigenvalue weighted by Crippen LogP contribution is 2.13. The normalized spacial score (nSPS) is 12.9. The van der Waals surface area contributed by atoms with E-state index in [0.717, 1.165) is 77.0 Å². The second kappa shape index (κ2) is 48.4. The number of hydrogen-bond acceptors (Lipinski definition) is 5. The molecule has 0 aromatic rings. The molecule has 0 radical (unpaired) electrons. The first-order chi connectivity index (χ1) is 28.6. The lowest BCUT2D eigenvalue weighted by Crippen LogP contribution is -2.30. The number of esters is 2. The topological polar surface area (TPSA) is 61.8 Å². The van der Waals surface area contributed by atoms with Crippen LogP contribution in [0.5, 0.6) is 0 Å². The fourth-order valence-electron chi connectivity index (χ4n) is 6.35. The lowest BCUT2D eigenvalue weighted by atomic mass is 10.1. The molecule has 0 N–H and O–H groups in total.